The summed E-state index contributed by atoms with van der Waals surface area (Å²) in [7, 11) is 2.21. The third kappa shape index (κ3) is 4.80. The van der Waals surface area contributed by atoms with Crippen LogP contribution < -0.4 is 5.32 Å². The molecule has 0 fully saturated rings. The molecule has 1 rings (SSSR count). The zero-order valence-electron chi connectivity index (χ0n) is 10.5. The van der Waals surface area contributed by atoms with Crippen LogP contribution in [0.2, 0.25) is 0 Å². The van der Waals surface area contributed by atoms with Crippen molar-refractivity contribution in [3.63, 3.8) is 0 Å². The molecule has 1 aliphatic rings. The number of hydrogen-bond acceptors (Lipinski definition) is 2. The van der Waals surface area contributed by atoms with Gasteiger partial charge < -0.3 is 10.2 Å². The minimum absolute atomic E-state index is 0.629. The Morgan fingerprint density at radius 3 is 2.93 bits per heavy atom. The molecule has 0 heterocycles. The van der Waals surface area contributed by atoms with E-state index in [1.807, 2.05) is 0 Å². The first-order chi connectivity index (χ1) is 7.24. The molecule has 0 aromatic carbocycles. The molecule has 1 N–H and O–H groups in total. The van der Waals surface area contributed by atoms with Crippen molar-refractivity contribution in [1.29, 1.82) is 0 Å². The zero-order chi connectivity index (χ0) is 11.1. The van der Waals surface area contributed by atoms with Crippen molar-refractivity contribution >= 4 is 0 Å². The van der Waals surface area contributed by atoms with Crippen LogP contribution in [-0.4, -0.2) is 37.1 Å². The van der Waals surface area contributed by atoms with Gasteiger partial charge in [-0.3, -0.25) is 0 Å². The SMILES string of the molecule is CCC(C)N(C)CCNC1C=CCCC1. The molecule has 1 aliphatic carbocycles. The Hall–Kier alpha value is -0.340. The topological polar surface area (TPSA) is 15.3 Å². The highest BCUT2D eigenvalue weighted by molar-refractivity contribution is 4.97. The molecule has 0 saturated heterocycles. The highest BCUT2D eigenvalue weighted by Crippen LogP contribution is 2.09. The fourth-order valence-electron chi connectivity index (χ4n) is 1.94. The van der Waals surface area contributed by atoms with Gasteiger partial charge in [-0.2, -0.15) is 0 Å². The molecule has 0 aromatic heterocycles. The third-order valence-corrected chi connectivity index (χ3v) is 3.47. The molecule has 2 atom stereocenters. The van der Waals surface area contributed by atoms with Gasteiger partial charge in [0.25, 0.3) is 0 Å². The summed E-state index contributed by atoms with van der Waals surface area (Å²) in [5.74, 6) is 0. The lowest BCUT2D eigenvalue weighted by Crippen LogP contribution is -2.38. The van der Waals surface area contributed by atoms with Crippen LogP contribution in [0.4, 0.5) is 0 Å². The van der Waals surface area contributed by atoms with E-state index >= 15 is 0 Å². The Bertz CT molecular complexity index is 189. The molecule has 0 bridgehead atoms. The highest BCUT2D eigenvalue weighted by atomic mass is 15.1. The fourth-order valence-corrected chi connectivity index (χ4v) is 1.94. The van der Waals surface area contributed by atoms with Gasteiger partial charge in [-0.05, 0) is 39.7 Å². The second-order valence-corrected chi connectivity index (χ2v) is 4.66. The number of nitrogens with zero attached hydrogens (tertiary/aromatic N) is 1. The van der Waals surface area contributed by atoms with E-state index in [0.717, 1.165) is 13.1 Å². The largest absolute Gasteiger partial charge is 0.309 e. The molecule has 2 nitrogen and oxygen atoms in total. The minimum atomic E-state index is 0.629. The number of allylic oxidation sites excluding steroid dienone is 1. The van der Waals surface area contributed by atoms with Crippen LogP contribution in [0.25, 0.3) is 0 Å². The van der Waals surface area contributed by atoms with Gasteiger partial charge in [-0.15, -0.1) is 0 Å². The number of rotatable bonds is 6. The van der Waals surface area contributed by atoms with Crippen LogP contribution in [0.15, 0.2) is 12.2 Å². The predicted octanol–water partition coefficient (Wildman–Crippen LogP) is 2.42. The van der Waals surface area contributed by atoms with Gasteiger partial charge in [-0.1, -0.05) is 19.1 Å². The first-order valence-corrected chi connectivity index (χ1v) is 6.34. The summed E-state index contributed by atoms with van der Waals surface area (Å²) in [6, 6.07) is 1.33. The van der Waals surface area contributed by atoms with Gasteiger partial charge in [0, 0.05) is 25.2 Å². The summed E-state index contributed by atoms with van der Waals surface area (Å²) in [4.78, 5) is 2.43. The maximum Gasteiger partial charge on any atom is 0.0250 e. The molecule has 0 aromatic rings. The summed E-state index contributed by atoms with van der Waals surface area (Å²) >= 11 is 0. The van der Waals surface area contributed by atoms with Crippen molar-refractivity contribution in [3.05, 3.63) is 12.2 Å². The molecule has 88 valence electrons. The van der Waals surface area contributed by atoms with Crippen LogP contribution in [-0.2, 0) is 0 Å². The average molecular weight is 210 g/mol. The van der Waals surface area contributed by atoms with Gasteiger partial charge in [0.1, 0.15) is 0 Å². The fraction of sp³-hybridized carbons (Fsp3) is 0.846. The van der Waals surface area contributed by atoms with Crippen LogP contribution in [0, 0.1) is 0 Å². The number of likely N-dealkylation sites (N-methyl/N-ethyl adjacent to an activating group) is 1. The van der Waals surface area contributed by atoms with E-state index < -0.39 is 0 Å². The average Bonchev–Trinajstić information content (AvgIpc) is 2.29. The number of nitrogens with one attached hydrogen (secondary N) is 1. The normalized spacial score (nSPS) is 23.3. The molecule has 0 amide bonds. The second kappa shape index (κ2) is 7.02. The highest BCUT2D eigenvalue weighted by Gasteiger charge is 2.09. The second-order valence-electron chi connectivity index (χ2n) is 4.66. The Kier molecular flexibility index (Phi) is 5.96. The first-order valence-electron chi connectivity index (χ1n) is 6.34. The number of hydrogen-bond donors (Lipinski definition) is 1. The lowest BCUT2D eigenvalue weighted by Gasteiger charge is -2.25. The lowest BCUT2D eigenvalue weighted by molar-refractivity contribution is 0.249. The van der Waals surface area contributed by atoms with Crippen molar-refractivity contribution in [2.24, 2.45) is 0 Å². The standard InChI is InChI=1S/C13H26N2/c1-4-12(2)15(3)11-10-14-13-8-6-5-7-9-13/h6,8,12-14H,4-5,7,9-11H2,1-3H3. The Balaban J connectivity index is 2.09. The van der Waals surface area contributed by atoms with Gasteiger partial charge >= 0.3 is 0 Å². The van der Waals surface area contributed by atoms with E-state index in [1.54, 1.807) is 0 Å². The summed E-state index contributed by atoms with van der Waals surface area (Å²) in [5, 5.41) is 3.60. The van der Waals surface area contributed by atoms with E-state index in [9.17, 15) is 0 Å². The Morgan fingerprint density at radius 1 is 1.53 bits per heavy atom. The van der Waals surface area contributed by atoms with Gasteiger partial charge in [0.15, 0.2) is 0 Å². The Labute approximate surface area is 94.7 Å². The molecule has 2 unspecified atom stereocenters. The van der Waals surface area contributed by atoms with Crippen molar-refractivity contribution in [2.75, 3.05) is 20.1 Å². The smallest absolute Gasteiger partial charge is 0.0250 e. The molecule has 15 heavy (non-hydrogen) atoms. The molecule has 0 saturated carbocycles. The lowest BCUT2D eigenvalue weighted by atomic mass is 10.0. The minimum Gasteiger partial charge on any atom is -0.309 e. The molecular formula is C13H26N2. The Morgan fingerprint density at radius 2 is 2.33 bits per heavy atom. The van der Waals surface area contributed by atoms with Crippen LogP contribution in [0.1, 0.15) is 39.5 Å². The summed E-state index contributed by atoms with van der Waals surface area (Å²) in [6.07, 6.45) is 9.79. The molecule has 0 aliphatic heterocycles. The molecular weight excluding hydrogens is 184 g/mol. The van der Waals surface area contributed by atoms with E-state index in [1.165, 1.54) is 25.7 Å². The van der Waals surface area contributed by atoms with Gasteiger partial charge in [0.05, 0.1) is 0 Å². The van der Waals surface area contributed by atoms with Gasteiger partial charge in [-0.25, -0.2) is 0 Å². The summed E-state index contributed by atoms with van der Waals surface area (Å²) in [6.45, 7) is 6.80. The van der Waals surface area contributed by atoms with Crippen molar-refractivity contribution < 1.29 is 0 Å². The van der Waals surface area contributed by atoms with Crippen molar-refractivity contribution in [2.45, 2.75) is 51.6 Å². The third-order valence-electron chi connectivity index (χ3n) is 3.47. The van der Waals surface area contributed by atoms with Crippen molar-refractivity contribution in [3.8, 4) is 0 Å². The van der Waals surface area contributed by atoms with Crippen LogP contribution in [0.5, 0.6) is 0 Å². The van der Waals surface area contributed by atoms with Crippen LogP contribution >= 0.6 is 0 Å². The summed E-state index contributed by atoms with van der Waals surface area (Å²) in [5.41, 5.74) is 0. The molecule has 0 spiro atoms. The quantitative estimate of drug-likeness (QED) is 0.677. The molecule has 0 radical (unpaired) electrons. The zero-order valence-corrected chi connectivity index (χ0v) is 10.5. The van der Waals surface area contributed by atoms with E-state index in [2.05, 4.69) is 43.3 Å². The molecule has 2 heteroatoms. The van der Waals surface area contributed by atoms with E-state index in [0.29, 0.717) is 12.1 Å². The van der Waals surface area contributed by atoms with E-state index in [-0.39, 0.29) is 0 Å². The van der Waals surface area contributed by atoms with Crippen LogP contribution in [0.3, 0.4) is 0 Å². The van der Waals surface area contributed by atoms with E-state index in [4.69, 9.17) is 0 Å². The van der Waals surface area contributed by atoms with Crippen molar-refractivity contribution in [1.82, 2.24) is 10.2 Å². The summed E-state index contributed by atoms with van der Waals surface area (Å²) < 4.78 is 0. The first kappa shape index (κ1) is 12.7. The predicted molar refractivity (Wildman–Crippen MR) is 67.2 cm³/mol. The maximum atomic E-state index is 3.60. The van der Waals surface area contributed by atoms with Gasteiger partial charge in [0.2, 0.25) is 0 Å². The monoisotopic (exact) mass is 210 g/mol. The maximum absolute atomic E-state index is 3.60.